The third-order valence-electron chi connectivity index (χ3n) is 3.10. The average molecular weight is 472 g/mol. The molecular formula is C17H33IN2O5. The molecule has 0 aromatic carbocycles. The molecule has 0 aliphatic rings. The fourth-order valence-corrected chi connectivity index (χ4v) is 1.88. The van der Waals surface area contributed by atoms with E-state index in [2.05, 4.69) is 33.2 Å². The maximum atomic E-state index is 11.4. The molecule has 2 amide bonds. The highest BCUT2D eigenvalue weighted by atomic mass is 127. The molecule has 0 rings (SSSR count). The summed E-state index contributed by atoms with van der Waals surface area (Å²) in [7, 11) is 0. The van der Waals surface area contributed by atoms with Crippen LogP contribution in [0.1, 0.15) is 40.0 Å². The molecule has 8 heteroatoms. The Bertz CT molecular complexity index is 354. The second-order valence-corrected chi connectivity index (χ2v) is 7.69. The van der Waals surface area contributed by atoms with Crippen molar-refractivity contribution in [3.8, 4) is 0 Å². The van der Waals surface area contributed by atoms with Crippen LogP contribution in [0.15, 0.2) is 0 Å². The molecule has 0 saturated carbocycles. The third kappa shape index (κ3) is 18.1. The van der Waals surface area contributed by atoms with Crippen molar-refractivity contribution in [2.75, 3.05) is 46.1 Å². The minimum atomic E-state index is -0.0958. The number of alkyl halides is 1. The summed E-state index contributed by atoms with van der Waals surface area (Å²) in [6.07, 6.45) is 2.44. The Morgan fingerprint density at radius 1 is 0.880 bits per heavy atom. The van der Waals surface area contributed by atoms with Gasteiger partial charge in [-0.2, -0.15) is 0 Å². The lowest BCUT2D eigenvalue weighted by molar-refractivity contribution is -0.126. The molecule has 1 atom stereocenters. The molecule has 0 heterocycles. The van der Waals surface area contributed by atoms with Crippen LogP contribution in [0.4, 0.5) is 0 Å². The minimum Gasteiger partial charge on any atom is -0.381 e. The van der Waals surface area contributed by atoms with Crippen LogP contribution in [0.5, 0.6) is 0 Å². The zero-order valence-electron chi connectivity index (χ0n) is 15.6. The molecule has 0 saturated heterocycles. The van der Waals surface area contributed by atoms with Crippen LogP contribution in [-0.2, 0) is 23.8 Å². The van der Waals surface area contributed by atoms with E-state index in [-0.39, 0.29) is 28.4 Å². The van der Waals surface area contributed by atoms with Gasteiger partial charge in [0.15, 0.2) is 0 Å². The van der Waals surface area contributed by atoms with Gasteiger partial charge in [0.05, 0.1) is 0 Å². The monoisotopic (exact) mass is 472 g/mol. The van der Waals surface area contributed by atoms with E-state index in [0.29, 0.717) is 39.5 Å². The zero-order chi connectivity index (χ0) is 18.9. The second kappa shape index (κ2) is 17.0. The number of hydrogen-bond donors (Lipinski definition) is 2. The first kappa shape index (κ1) is 24.6. The molecule has 0 aliphatic heterocycles. The van der Waals surface area contributed by atoms with E-state index in [1.54, 1.807) is 0 Å². The van der Waals surface area contributed by atoms with Crippen LogP contribution in [0.25, 0.3) is 0 Å². The number of ether oxygens (including phenoxy) is 3. The van der Waals surface area contributed by atoms with Crippen molar-refractivity contribution in [2.45, 2.75) is 44.1 Å². The van der Waals surface area contributed by atoms with Gasteiger partial charge < -0.3 is 24.8 Å². The van der Waals surface area contributed by atoms with E-state index in [4.69, 9.17) is 14.2 Å². The fraction of sp³-hybridized carbons (Fsp3) is 0.882. The lowest BCUT2D eigenvalue weighted by Gasteiger charge is -2.09. The molecule has 1 unspecified atom stereocenters. The van der Waals surface area contributed by atoms with E-state index >= 15 is 0 Å². The standard InChI is InChI=1S/C17H33IN2O5/c1-14(2)17(22)20-8-5-10-24-12-6-11-23-9-4-7-19-16(21)13-25-15(3)18/h14-15H,4-13H2,1-3H3,(H,19,21)(H,20,22). The van der Waals surface area contributed by atoms with Gasteiger partial charge in [0.2, 0.25) is 11.8 Å². The number of nitrogens with one attached hydrogen (secondary N) is 2. The number of rotatable bonds is 16. The Kier molecular flexibility index (Phi) is 16.7. The molecule has 0 fully saturated rings. The first-order valence-corrected chi connectivity index (χ1v) is 10.1. The highest BCUT2D eigenvalue weighted by molar-refractivity contribution is 14.1. The molecule has 148 valence electrons. The Labute approximate surface area is 165 Å². The predicted octanol–water partition coefficient (Wildman–Crippen LogP) is 1.88. The molecule has 0 aromatic heterocycles. The molecule has 0 spiro atoms. The van der Waals surface area contributed by atoms with Crippen molar-refractivity contribution in [2.24, 2.45) is 5.92 Å². The van der Waals surface area contributed by atoms with Gasteiger partial charge in [-0.3, -0.25) is 9.59 Å². The topological polar surface area (TPSA) is 85.9 Å². The summed E-state index contributed by atoms with van der Waals surface area (Å²) in [5.74, 6) is 0.0117. The van der Waals surface area contributed by atoms with Crippen LogP contribution in [0, 0.1) is 5.92 Å². The maximum Gasteiger partial charge on any atom is 0.246 e. The summed E-state index contributed by atoms with van der Waals surface area (Å²) >= 11 is 2.11. The molecular weight excluding hydrogens is 439 g/mol. The predicted molar refractivity (Wildman–Crippen MR) is 106 cm³/mol. The van der Waals surface area contributed by atoms with Gasteiger partial charge in [0, 0.05) is 45.4 Å². The van der Waals surface area contributed by atoms with Crippen LogP contribution in [-0.4, -0.2) is 62.0 Å². The van der Waals surface area contributed by atoms with Crippen molar-refractivity contribution in [1.82, 2.24) is 10.6 Å². The summed E-state index contributed by atoms with van der Waals surface area (Å²) in [6.45, 7) is 9.54. The van der Waals surface area contributed by atoms with Gasteiger partial charge in [-0.1, -0.05) is 36.4 Å². The van der Waals surface area contributed by atoms with E-state index in [1.807, 2.05) is 20.8 Å². The summed E-state index contributed by atoms with van der Waals surface area (Å²) in [5.41, 5.74) is 0. The lowest BCUT2D eigenvalue weighted by Crippen LogP contribution is -2.29. The van der Waals surface area contributed by atoms with Gasteiger partial charge in [-0.25, -0.2) is 0 Å². The number of halogens is 1. The van der Waals surface area contributed by atoms with Crippen molar-refractivity contribution >= 4 is 34.4 Å². The maximum absolute atomic E-state index is 11.4. The molecule has 0 radical (unpaired) electrons. The SMILES string of the molecule is CC(I)OCC(=O)NCCCOCCCOCCCNC(=O)C(C)C. The van der Waals surface area contributed by atoms with Gasteiger partial charge in [0.1, 0.15) is 10.7 Å². The van der Waals surface area contributed by atoms with Crippen molar-refractivity contribution in [3.63, 3.8) is 0 Å². The lowest BCUT2D eigenvalue weighted by atomic mass is 10.2. The zero-order valence-corrected chi connectivity index (χ0v) is 17.8. The van der Waals surface area contributed by atoms with E-state index < -0.39 is 0 Å². The van der Waals surface area contributed by atoms with Crippen molar-refractivity contribution < 1.29 is 23.8 Å². The van der Waals surface area contributed by atoms with E-state index in [9.17, 15) is 9.59 Å². The van der Waals surface area contributed by atoms with E-state index in [1.165, 1.54) is 0 Å². The first-order valence-electron chi connectivity index (χ1n) is 8.89. The highest BCUT2D eigenvalue weighted by Gasteiger charge is 2.04. The van der Waals surface area contributed by atoms with Crippen LogP contribution < -0.4 is 10.6 Å². The van der Waals surface area contributed by atoms with Crippen LogP contribution >= 0.6 is 22.6 Å². The van der Waals surface area contributed by atoms with Crippen molar-refractivity contribution in [1.29, 1.82) is 0 Å². The third-order valence-corrected chi connectivity index (χ3v) is 3.46. The van der Waals surface area contributed by atoms with E-state index in [0.717, 1.165) is 19.3 Å². The van der Waals surface area contributed by atoms with Crippen LogP contribution in [0.2, 0.25) is 0 Å². The number of amides is 2. The Balaban J connectivity index is 3.19. The minimum absolute atomic E-state index is 0.0273. The van der Waals surface area contributed by atoms with Gasteiger partial charge in [-0.05, 0) is 26.2 Å². The van der Waals surface area contributed by atoms with Gasteiger partial charge >= 0.3 is 0 Å². The molecule has 0 bridgehead atoms. The summed E-state index contributed by atoms with van der Waals surface area (Å²) in [6, 6.07) is 0. The molecule has 7 nitrogen and oxygen atoms in total. The molecule has 2 N–H and O–H groups in total. The van der Waals surface area contributed by atoms with Crippen LogP contribution in [0.3, 0.4) is 0 Å². The average Bonchev–Trinajstić information content (AvgIpc) is 2.56. The summed E-state index contributed by atoms with van der Waals surface area (Å²) < 4.78 is 16.2. The normalized spacial score (nSPS) is 12.2. The Hall–Kier alpha value is -0.450. The number of carbonyl (C=O) groups excluding carboxylic acids is 2. The quantitative estimate of drug-likeness (QED) is 0.204. The molecule has 25 heavy (non-hydrogen) atoms. The van der Waals surface area contributed by atoms with Crippen molar-refractivity contribution in [3.05, 3.63) is 0 Å². The first-order chi connectivity index (χ1) is 11.9. The van der Waals surface area contributed by atoms with Gasteiger partial charge in [-0.15, -0.1) is 0 Å². The summed E-state index contributed by atoms with van der Waals surface area (Å²) in [4.78, 5) is 22.7. The fourth-order valence-electron chi connectivity index (χ4n) is 1.70. The highest BCUT2D eigenvalue weighted by Crippen LogP contribution is 1.98. The van der Waals surface area contributed by atoms with Gasteiger partial charge in [0.25, 0.3) is 0 Å². The Morgan fingerprint density at radius 3 is 1.92 bits per heavy atom. The Morgan fingerprint density at radius 2 is 1.40 bits per heavy atom. The summed E-state index contributed by atoms with van der Waals surface area (Å²) in [5, 5.41) is 5.63. The smallest absolute Gasteiger partial charge is 0.246 e. The largest absolute Gasteiger partial charge is 0.381 e. The molecule has 0 aromatic rings. The second-order valence-electron chi connectivity index (χ2n) is 5.94. The number of hydrogen-bond acceptors (Lipinski definition) is 5. The number of carbonyl (C=O) groups is 2. The molecule has 0 aliphatic carbocycles.